The molecule has 0 saturated carbocycles. The molecule has 242 valence electrons. The number of ether oxygens (including phenoxy) is 1. The number of anilines is 2. The molecule has 0 atom stereocenters. The summed E-state index contributed by atoms with van der Waals surface area (Å²) < 4.78 is 8.11. The number of piperidine rings is 1. The van der Waals surface area contributed by atoms with Gasteiger partial charge in [0.2, 0.25) is 5.88 Å². The molecule has 47 heavy (non-hydrogen) atoms. The number of fused-ring (bicyclic) bond motifs is 1. The van der Waals surface area contributed by atoms with Gasteiger partial charge in [-0.15, -0.1) is 0 Å². The zero-order valence-electron chi connectivity index (χ0n) is 26.5. The van der Waals surface area contributed by atoms with Gasteiger partial charge in [0, 0.05) is 43.7 Å². The monoisotopic (exact) mass is 655 g/mol. The van der Waals surface area contributed by atoms with Crippen LogP contribution in [0.1, 0.15) is 24.1 Å². The molecule has 0 aliphatic carbocycles. The van der Waals surface area contributed by atoms with Gasteiger partial charge in [0.15, 0.2) is 0 Å². The number of carbonyl (C=O) groups is 1. The average molecular weight is 656 g/mol. The van der Waals surface area contributed by atoms with E-state index in [0.717, 1.165) is 26.9 Å². The summed E-state index contributed by atoms with van der Waals surface area (Å²) in [5.74, 6) is -0.325. The Kier molecular flexibility index (Phi) is 8.80. The number of likely N-dealkylation sites (tertiary alicyclic amines) is 1. The molecule has 1 aliphatic rings. The molecule has 2 N–H and O–H groups in total. The number of hydrogen-bond acceptors (Lipinski definition) is 9. The Labute approximate surface area is 275 Å². The van der Waals surface area contributed by atoms with Crippen LogP contribution in [0.2, 0.25) is 5.02 Å². The third-order valence-electron chi connectivity index (χ3n) is 8.85. The fraction of sp³-hybridized carbons (Fsp3) is 0.294. The number of carboxylic acids is 1. The molecule has 13 heteroatoms. The fourth-order valence-corrected chi connectivity index (χ4v) is 6.42. The lowest BCUT2D eigenvalue weighted by Crippen LogP contribution is -2.37. The summed E-state index contributed by atoms with van der Waals surface area (Å²) in [6, 6.07) is 13.1. The van der Waals surface area contributed by atoms with E-state index in [1.807, 2.05) is 43.3 Å². The summed E-state index contributed by atoms with van der Waals surface area (Å²) in [6.45, 7) is 3.79. The van der Waals surface area contributed by atoms with E-state index in [9.17, 15) is 19.5 Å². The zero-order valence-corrected chi connectivity index (χ0v) is 27.2. The number of nitrogens with one attached hydrogen (secondary N) is 1. The summed E-state index contributed by atoms with van der Waals surface area (Å²) in [5.41, 5.74) is 4.77. The third-order valence-corrected chi connectivity index (χ3v) is 9.26. The van der Waals surface area contributed by atoms with Gasteiger partial charge in [-0.2, -0.15) is 0 Å². The number of aromatic nitrogens is 5. The van der Waals surface area contributed by atoms with Crippen LogP contribution in [0.5, 0.6) is 5.88 Å². The minimum Gasteiger partial charge on any atom is -0.481 e. The second-order valence-corrected chi connectivity index (χ2v) is 12.0. The van der Waals surface area contributed by atoms with Crippen molar-refractivity contribution in [2.45, 2.75) is 26.3 Å². The Morgan fingerprint density at radius 3 is 2.45 bits per heavy atom. The molecular formula is C34H34ClN7O5. The van der Waals surface area contributed by atoms with Gasteiger partial charge in [-0.25, -0.2) is 14.8 Å². The molecule has 12 nitrogen and oxygen atoms in total. The molecule has 4 heterocycles. The molecule has 0 spiro atoms. The van der Waals surface area contributed by atoms with Crippen LogP contribution in [0.3, 0.4) is 0 Å². The Hall–Kier alpha value is -5.07. The van der Waals surface area contributed by atoms with Crippen molar-refractivity contribution < 1.29 is 14.6 Å². The highest BCUT2D eigenvalue weighted by atomic mass is 35.5. The highest BCUT2D eigenvalue weighted by Crippen LogP contribution is 2.39. The van der Waals surface area contributed by atoms with E-state index in [0.29, 0.717) is 77.1 Å². The van der Waals surface area contributed by atoms with Crippen LogP contribution >= 0.6 is 11.6 Å². The Morgan fingerprint density at radius 2 is 1.72 bits per heavy atom. The molecule has 2 aromatic carbocycles. The van der Waals surface area contributed by atoms with Crippen LogP contribution in [0, 0.1) is 12.8 Å². The van der Waals surface area contributed by atoms with Gasteiger partial charge in [0.05, 0.1) is 35.5 Å². The molecule has 1 aliphatic heterocycles. The number of benzene rings is 2. The number of hydrogen-bond donors (Lipinski definition) is 2. The molecule has 3 aromatic heterocycles. The molecular weight excluding hydrogens is 622 g/mol. The van der Waals surface area contributed by atoms with Gasteiger partial charge in [0.1, 0.15) is 16.9 Å². The Morgan fingerprint density at radius 1 is 1.02 bits per heavy atom. The van der Waals surface area contributed by atoms with Gasteiger partial charge in [-0.3, -0.25) is 28.6 Å². The first-order valence-electron chi connectivity index (χ1n) is 15.1. The molecule has 0 amide bonds. The lowest BCUT2D eigenvalue weighted by atomic mass is 9.96. The number of pyridine rings is 1. The maximum atomic E-state index is 13.1. The summed E-state index contributed by atoms with van der Waals surface area (Å²) in [7, 11) is 4.62. The van der Waals surface area contributed by atoms with Crippen molar-refractivity contribution in [1.29, 1.82) is 0 Å². The first-order chi connectivity index (χ1) is 22.6. The van der Waals surface area contributed by atoms with Crippen molar-refractivity contribution >= 4 is 40.0 Å². The molecule has 1 saturated heterocycles. The first-order valence-corrected chi connectivity index (χ1v) is 15.5. The van der Waals surface area contributed by atoms with Crippen LogP contribution in [-0.2, 0) is 25.4 Å². The maximum Gasteiger partial charge on any atom is 0.330 e. The Balaban J connectivity index is 1.31. The van der Waals surface area contributed by atoms with E-state index in [1.54, 1.807) is 32.6 Å². The van der Waals surface area contributed by atoms with Gasteiger partial charge < -0.3 is 15.2 Å². The highest BCUT2D eigenvalue weighted by Gasteiger charge is 2.26. The number of halogens is 1. The molecule has 5 aromatic rings. The molecule has 0 radical (unpaired) electrons. The third kappa shape index (κ3) is 5.97. The number of methoxy groups -OCH3 is 1. The summed E-state index contributed by atoms with van der Waals surface area (Å²) in [6.07, 6.45) is 4.43. The van der Waals surface area contributed by atoms with Crippen LogP contribution in [0.4, 0.5) is 11.5 Å². The number of rotatable bonds is 8. The molecule has 1 fully saturated rings. The fourth-order valence-electron chi connectivity index (χ4n) is 6.10. The summed E-state index contributed by atoms with van der Waals surface area (Å²) in [5, 5.41) is 13.4. The SMILES string of the molecule is COc1nc(-c2cccc(-c3cccc(Nc4nccc5c4c(=O)n(C)c(=O)n5C)c3C)c2Cl)cnc1CN1CCC(C(=O)O)CC1. The van der Waals surface area contributed by atoms with Gasteiger partial charge in [-0.1, -0.05) is 41.9 Å². The smallest absolute Gasteiger partial charge is 0.330 e. The lowest BCUT2D eigenvalue weighted by Gasteiger charge is -2.29. The minimum atomic E-state index is -0.744. The van der Waals surface area contributed by atoms with E-state index < -0.39 is 17.2 Å². The van der Waals surface area contributed by atoms with Crippen molar-refractivity contribution in [1.82, 2.24) is 29.0 Å². The predicted molar refractivity (Wildman–Crippen MR) is 180 cm³/mol. The van der Waals surface area contributed by atoms with Crippen LogP contribution in [0.15, 0.2) is 64.4 Å². The summed E-state index contributed by atoms with van der Waals surface area (Å²) in [4.78, 5) is 53.0. The molecule has 6 rings (SSSR count). The van der Waals surface area contributed by atoms with E-state index in [1.165, 1.54) is 11.6 Å². The first kappa shape index (κ1) is 31.9. The normalized spacial score (nSPS) is 14.0. The second kappa shape index (κ2) is 13.0. The number of carboxylic acid groups (broad SMARTS) is 1. The van der Waals surface area contributed by atoms with Crippen LogP contribution in [-0.4, -0.2) is 60.3 Å². The molecule has 0 bridgehead atoms. The van der Waals surface area contributed by atoms with Crippen molar-refractivity contribution in [2.75, 3.05) is 25.5 Å². The number of aliphatic carboxylic acids is 1. The highest BCUT2D eigenvalue weighted by molar-refractivity contribution is 6.36. The van der Waals surface area contributed by atoms with Gasteiger partial charge >= 0.3 is 11.7 Å². The number of nitrogens with zero attached hydrogens (tertiary/aromatic N) is 6. The second-order valence-electron chi connectivity index (χ2n) is 11.6. The topological polar surface area (TPSA) is 144 Å². The van der Waals surface area contributed by atoms with Gasteiger partial charge in [0.25, 0.3) is 5.56 Å². The van der Waals surface area contributed by atoms with E-state index in [4.69, 9.17) is 21.3 Å². The van der Waals surface area contributed by atoms with Crippen molar-refractivity contribution in [2.24, 2.45) is 20.0 Å². The standard InChI is InChI=1S/C34H34ClN7O5/c1-19-21(7-6-10-24(19)38-30-28-27(11-14-36-30)40(2)34(46)41(3)32(28)43)22-8-5-9-23(29(22)35)25-17-37-26(31(39-25)47-4)18-42-15-12-20(13-16-42)33(44)45/h5-11,14,17,20H,12-13,15-16,18H2,1-4H3,(H,36,38)(H,44,45). The maximum absolute atomic E-state index is 13.1. The van der Waals surface area contributed by atoms with Crippen molar-refractivity contribution in [3.63, 3.8) is 0 Å². The van der Waals surface area contributed by atoms with E-state index >= 15 is 0 Å². The predicted octanol–water partition coefficient (Wildman–Crippen LogP) is 4.77. The lowest BCUT2D eigenvalue weighted by molar-refractivity contribution is -0.143. The largest absolute Gasteiger partial charge is 0.481 e. The Bertz CT molecular complexity index is 2140. The average Bonchev–Trinajstić information content (AvgIpc) is 3.08. The minimum absolute atomic E-state index is 0.308. The van der Waals surface area contributed by atoms with Crippen molar-refractivity contribution in [3.05, 3.63) is 92.0 Å². The molecule has 0 unspecified atom stereocenters. The number of aryl methyl sites for hydroxylation is 1. The zero-order chi connectivity index (χ0) is 33.4. The van der Waals surface area contributed by atoms with E-state index in [2.05, 4.69) is 20.2 Å². The van der Waals surface area contributed by atoms with Gasteiger partial charge in [-0.05, 0) is 56.1 Å². The summed E-state index contributed by atoms with van der Waals surface area (Å²) >= 11 is 7.07. The van der Waals surface area contributed by atoms with E-state index in [-0.39, 0.29) is 5.92 Å². The quantitative estimate of drug-likeness (QED) is 0.240. The van der Waals surface area contributed by atoms with Crippen LogP contribution in [0.25, 0.3) is 33.3 Å². The van der Waals surface area contributed by atoms with Crippen molar-refractivity contribution in [3.8, 4) is 28.3 Å². The van der Waals surface area contributed by atoms with Crippen LogP contribution < -0.4 is 21.3 Å².